The van der Waals surface area contributed by atoms with Crippen LogP contribution in [0.1, 0.15) is 10.4 Å². The first-order valence-corrected chi connectivity index (χ1v) is 9.35. The lowest BCUT2D eigenvalue weighted by molar-refractivity contribution is -0.116. The molecule has 4 rings (SSSR count). The van der Waals surface area contributed by atoms with E-state index in [0.29, 0.717) is 11.3 Å². The number of hydrogen-bond acceptors (Lipinski definition) is 3. The lowest BCUT2D eigenvalue weighted by Crippen LogP contribution is -2.34. The summed E-state index contributed by atoms with van der Waals surface area (Å²) in [6.45, 7) is -0.121. The Hall–Kier alpha value is -4.00. The quantitative estimate of drug-likeness (QED) is 0.551. The van der Waals surface area contributed by atoms with Crippen molar-refractivity contribution in [3.8, 4) is 5.69 Å². The van der Waals surface area contributed by atoms with Crippen LogP contribution in [0.3, 0.4) is 0 Å². The van der Waals surface area contributed by atoms with Gasteiger partial charge in [-0.3, -0.25) is 14.2 Å². The Bertz CT molecular complexity index is 1200. The molecule has 7 heteroatoms. The molecule has 0 spiro atoms. The Morgan fingerprint density at radius 3 is 2.43 bits per heavy atom. The van der Waals surface area contributed by atoms with E-state index < -0.39 is 0 Å². The third-order valence-corrected chi connectivity index (χ3v) is 4.70. The molecule has 1 heterocycles. The number of carbonyl (C=O) groups is 2. The molecule has 0 aliphatic rings. The van der Waals surface area contributed by atoms with Crippen LogP contribution in [0.5, 0.6) is 0 Å². The molecule has 3 aromatic carbocycles. The van der Waals surface area contributed by atoms with Crippen molar-refractivity contribution in [3.63, 3.8) is 0 Å². The molecule has 0 aliphatic carbocycles. The minimum absolute atomic E-state index is 0.121. The van der Waals surface area contributed by atoms with Crippen molar-refractivity contribution >= 4 is 28.5 Å². The van der Waals surface area contributed by atoms with E-state index in [4.69, 9.17) is 0 Å². The maximum Gasteiger partial charge on any atom is 0.254 e. The number of nitrogens with one attached hydrogen (secondary N) is 1. The average Bonchev–Trinajstić information content (AvgIpc) is 3.19. The molecular weight excluding hydrogens is 383 g/mol. The normalized spacial score (nSPS) is 10.7. The molecule has 0 radical (unpaired) electrons. The molecule has 0 fully saturated rings. The van der Waals surface area contributed by atoms with Gasteiger partial charge in [0.2, 0.25) is 5.91 Å². The summed E-state index contributed by atoms with van der Waals surface area (Å²) < 4.78 is 14.9. The molecule has 4 aromatic rings. The number of halogens is 1. The number of nitrogens with zero attached hydrogens (tertiary/aromatic N) is 3. The van der Waals surface area contributed by atoms with Crippen LogP contribution in [-0.4, -0.2) is 39.9 Å². The highest BCUT2D eigenvalue weighted by Gasteiger charge is 2.15. The zero-order chi connectivity index (χ0) is 21.1. The number of aromatic nitrogens is 2. The molecule has 150 valence electrons. The van der Waals surface area contributed by atoms with Gasteiger partial charge >= 0.3 is 0 Å². The van der Waals surface area contributed by atoms with Gasteiger partial charge in [0.1, 0.15) is 12.1 Å². The van der Waals surface area contributed by atoms with E-state index in [2.05, 4.69) is 10.3 Å². The number of rotatable bonds is 5. The average molecular weight is 402 g/mol. The SMILES string of the molecule is CN(CC(=O)Nc1ccc(F)cc1)C(=O)c1ccc(-n2cnc3ccccc32)cc1. The molecule has 0 aliphatic heterocycles. The summed E-state index contributed by atoms with van der Waals surface area (Å²) in [5.41, 5.74) is 3.70. The van der Waals surface area contributed by atoms with Crippen molar-refractivity contribution < 1.29 is 14.0 Å². The fourth-order valence-corrected chi connectivity index (χ4v) is 3.17. The third-order valence-electron chi connectivity index (χ3n) is 4.70. The molecule has 0 unspecified atom stereocenters. The Balaban J connectivity index is 1.42. The van der Waals surface area contributed by atoms with E-state index in [1.165, 1.54) is 29.2 Å². The standard InChI is InChI=1S/C23H19FN4O2/c1-27(14-22(29)26-18-10-8-17(24)9-11-18)23(30)16-6-12-19(13-7-16)28-15-25-20-4-2-3-5-21(20)28/h2-13,15H,14H2,1H3,(H,26,29). The highest BCUT2D eigenvalue weighted by molar-refractivity contribution is 5.99. The first kappa shape index (κ1) is 19.3. The largest absolute Gasteiger partial charge is 0.332 e. The van der Waals surface area contributed by atoms with Gasteiger partial charge in [0.25, 0.3) is 5.91 Å². The minimum Gasteiger partial charge on any atom is -0.332 e. The van der Waals surface area contributed by atoms with Crippen LogP contribution in [0.4, 0.5) is 10.1 Å². The van der Waals surface area contributed by atoms with Crippen molar-refractivity contribution in [3.05, 3.63) is 90.5 Å². The zero-order valence-electron chi connectivity index (χ0n) is 16.2. The molecule has 1 aromatic heterocycles. The van der Waals surface area contributed by atoms with Gasteiger partial charge < -0.3 is 10.2 Å². The van der Waals surface area contributed by atoms with Crippen LogP contribution < -0.4 is 5.32 Å². The summed E-state index contributed by atoms with van der Waals surface area (Å²) in [7, 11) is 1.56. The number of hydrogen-bond donors (Lipinski definition) is 1. The fraction of sp³-hybridized carbons (Fsp3) is 0.0870. The summed E-state index contributed by atoms with van der Waals surface area (Å²) in [4.78, 5) is 30.5. The molecule has 30 heavy (non-hydrogen) atoms. The van der Waals surface area contributed by atoms with Crippen LogP contribution in [0.2, 0.25) is 0 Å². The monoisotopic (exact) mass is 402 g/mol. The molecule has 0 saturated carbocycles. The molecular formula is C23H19FN4O2. The van der Waals surface area contributed by atoms with E-state index in [-0.39, 0.29) is 24.2 Å². The van der Waals surface area contributed by atoms with Gasteiger partial charge in [0, 0.05) is 24.0 Å². The number of benzene rings is 3. The van der Waals surface area contributed by atoms with Crippen LogP contribution in [-0.2, 0) is 4.79 Å². The van der Waals surface area contributed by atoms with Gasteiger partial charge in [0.05, 0.1) is 17.6 Å². The number of carbonyl (C=O) groups excluding carboxylic acids is 2. The first-order chi connectivity index (χ1) is 14.5. The summed E-state index contributed by atoms with van der Waals surface area (Å²) >= 11 is 0. The number of imidazole rings is 1. The van der Waals surface area contributed by atoms with Crippen molar-refractivity contribution in [1.82, 2.24) is 14.5 Å². The van der Waals surface area contributed by atoms with Crippen LogP contribution in [0.25, 0.3) is 16.7 Å². The van der Waals surface area contributed by atoms with Gasteiger partial charge in [-0.2, -0.15) is 0 Å². The second-order valence-electron chi connectivity index (χ2n) is 6.87. The van der Waals surface area contributed by atoms with Gasteiger partial charge in [-0.1, -0.05) is 12.1 Å². The second kappa shape index (κ2) is 8.16. The Kier molecular flexibility index (Phi) is 5.26. The number of anilines is 1. The van der Waals surface area contributed by atoms with Crippen LogP contribution in [0, 0.1) is 5.82 Å². The summed E-state index contributed by atoms with van der Waals surface area (Å²) in [6.07, 6.45) is 1.74. The second-order valence-corrected chi connectivity index (χ2v) is 6.87. The van der Waals surface area contributed by atoms with Crippen molar-refractivity contribution in [2.75, 3.05) is 18.9 Å². The summed E-state index contributed by atoms with van der Waals surface area (Å²) in [5, 5.41) is 2.64. The van der Waals surface area contributed by atoms with Crippen LogP contribution in [0.15, 0.2) is 79.1 Å². The Labute approximate surface area is 172 Å². The van der Waals surface area contributed by atoms with E-state index in [9.17, 15) is 14.0 Å². The van der Waals surface area contributed by atoms with E-state index in [1.807, 2.05) is 41.0 Å². The molecule has 1 N–H and O–H groups in total. The zero-order valence-corrected chi connectivity index (χ0v) is 16.2. The third kappa shape index (κ3) is 4.05. The van der Waals surface area contributed by atoms with E-state index in [1.54, 1.807) is 25.5 Å². The maximum absolute atomic E-state index is 13.0. The lowest BCUT2D eigenvalue weighted by atomic mass is 10.1. The Morgan fingerprint density at radius 2 is 1.70 bits per heavy atom. The molecule has 0 atom stereocenters. The minimum atomic E-state index is -0.382. The van der Waals surface area contributed by atoms with Gasteiger partial charge in [-0.05, 0) is 60.7 Å². The number of amides is 2. The molecule has 6 nitrogen and oxygen atoms in total. The number of likely N-dealkylation sites (N-methyl/N-ethyl adjacent to an activating group) is 1. The molecule has 0 bridgehead atoms. The highest BCUT2D eigenvalue weighted by Crippen LogP contribution is 2.18. The number of para-hydroxylation sites is 2. The van der Waals surface area contributed by atoms with Gasteiger partial charge in [-0.15, -0.1) is 0 Å². The van der Waals surface area contributed by atoms with E-state index in [0.717, 1.165) is 16.7 Å². The maximum atomic E-state index is 13.0. The predicted molar refractivity (Wildman–Crippen MR) is 113 cm³/mol. The fourth-order valence-electron chi connectivity index (χ4n) is 3.17. The topological polar surface area (TPSA) is 67.2 Å². The Morgan fingerprint density at radius 1 is 1.00 bits per heavy atom. The molecule has 0 saturated heterocycles. The summed E-state index contributed by atoms with van der Waals surface area (Å²) in [5.74, 6) is -1.02. The van der Waals surface area contributed by atoms with E-state index >= 15 is 0 Å². The van der Waals surface area contributed by atoms with Crippen molar-refractivity contribution in [1.29, 1.82) is 0 Å². The number of fused-ring (bicyclic) bond motifs is 1. The summed E-state index contributed by atoms with van der Waals surface area (Å²) in [6, 6.07) is 20.4. The highest BCUT2D eigenvalue weighted by atomic mass is 19.1. The van der Waals surface area contributed by atoms with Gasteiger partial charge in [-0.25, -0.2) is 9.37 Å². The lowest BCUT2D eigenvalue weighted by Gasteiger charge is -2.17. The molecule has 2 amide bonds. The van der Waals surface area contributed by atoms with Crippen molar-refractivity contribution in [2.45, 2.75) is 0 Å². The van der Waals surface area contributed by atoms with Gasteiger partial charge in [0.15, 0.2) is 0 Å². The van der Waals surface area contributed by atoms with Crippen molar-refractivity contribution in [2.24, 2.45) is 0 Å². The first-order valence-electron chi connectivity index (χ1n) is 9.35. The predicted octanol–water partition coefficient (Wildman–Crippen LogP) is 3.88. The smallest absolute Gasteiger partial charge is 0.254 e. The van der Waals surface area contributed by atoms with Crippen LogP contribution >= 0.6 is 0 Å².